The number of fused-ring (bicyclic) bond motifs is 1. The minimum atomic E-state index is -0.542. The van der Waals surface area contributed by atoms with Crippen LogP contribution in [0.4, 0.5) is 4.39 Å². The molecule has 0 atom stereocenters. The molecule has 66 valence electrons. The fourth-order valence-corrected chi connectivity index (χ4v) is 1.25. The van der Waals surface area contributed by atoms with Crippen LogP contribution >= 0.6 is 0 Å². The largest absolute Gasteiger partial charge is 0.443 e. The summed E-state index contributed by atoms with van der Waals surface area (Å²) < 4.78 is 18.3. The summed E-state index contributed by atoms with van der Waals surface area (Å²) in [4.78, 5) is 14.3. The molecule has 0 saturated heterocycles. The number of aldehydes is 1. The molecule has 0 radical (unpaired) electrons. The van der Waals surface area contributed by atoms with Gasteiger partial charge in [0.2, 0.25) is 0 Å². The summed E-state index contributed by atoms with van der Waals surface area (Å²) in [6, 6.07) is 1.37. The van der Waals surface area contributed by atoms with Crippen LogP contribution in [0.25, 0.3) is 11.1 Å². The first-order valence-electron chi connectivity index (χ1n) is 3.71. The van der Waals surface area contributed by atoms with E-state index in [1.807, 2.05) is 0 Å². The van der Waals surface area contributed by atoms with Crippen LogP contribution in [0.15, 0.2) is 16.9 Å². The van der Waals surface area contributed by atoms with Gasteiger partial charge in [0.1, 0.15) is 11.3 Å². The average Bonchev–Trinajstić information content (AvgIpc) is 2.59. The number of carbonyl (C=O) groups excluding carboxylic acids is 1. The van der Waals surface area contributed by atoms with E-state index in [-0.39, 0.29) is 5.56 Å². The Morgan fingerprint density at radius 3 is 3.08 bits per heavy atom. The molecule has 0 spiro atoms. The molecule has 0 saturated carbocycles. The summed E-state index contributed by atoms with van der Waals surface area (Å²) in [5, 5.41) is 0. The van der Waals surface area contributed by atoms with E-state index in [4.69, 9.17) is 4.42 Å². The summed E-state index contributed by atoms with van der Waals surface area (Å²) in [6.07, 6.45) is 1.70. The van der Waals surface area contributed by atoms with E-state index in [1.54, 1.807) is 6.92 Å². The Bertz CT molecular complexity index is 476. The fraction of sp³-hybridized carbons (Fsp3) is 0.111. The van der Waals surface area contributed by atoms with Gasteiger partial charge in [-0.3, -0.25) is 4.79 Å². The number of oxazole rings is 1. The van der Waals surface area contributed by atoms with Crippen LogP contribution in [0, 0.1) is 12.7 Å². The zero-order valence-corrected chi connectivity index (χ0v) is 6.87. The van der Waals surface area contributed by atoms with E-state index in [0.29, 0.717) is 22.9 Å². The first kappa shape index (κ1) is 7.91. The third-order valence-electron chi connectivity index (χ3n) is 1.94. The van der Waals surface area contributed by atoms with Crippen molar-refractivity contribution in [3.63, 3.8) is 0 Å². The third kappa shape index (κ3) is 1.02. The first-order valence-corrected chi connectivity index (χ1v) is 3.71. The van der Waals surface area contributed by atoms with Crippen molar-refractivity contribution in [2.75, 3.05) is 0 Å². The Labute approximate surface area is 73.2 Å². The van der Waals surface area contributed by atoms with Crippen molar-refractivity contribution in [3.05, 3.63) is 29.4 Å². The quantitative estimate of drug-likeness (QED) is 0.629. The van der Waals surface area contributed by atoms with Crippen molar-refractivity contribution in [2.45, 2.75) is 6.92 Å². The number of aromatic nitrogens is 1. The Balaban J connectivity index is 2.91. The second kappa shape index (κ2) is 2.65. The zero-order valence-electron chi connectivity index (χ0n) is 6.87. The lowest BCUT2D eigenvalue weighted by Crippen LogP contribution is -1.91. The van der Waals surface area contributed by atoms with Crippen molar-refractivity contribution >= 4 is 17.4 Å². The molecule has 1 heterocycles. The third-order valence-corrected chi connectivity index (χ3v) is 1.94. The highest BCUT2D eigenvalue weighted by molar-refractivity contribution is 5.86. The van der Waals surface area contributed by atoms with Gasteiger partial charge >= 0.3 is 0 Å². The first-order chi connectivity index (χ1) is 6.24. The van der Waals surface area contributed by atoms with Gasteiger partial charge in [-0.1, -0.05) is 0 Å². The molecule has 4 heteroatoms. The SMILES string of the molecule is Cc1c(F)c(C=O)cc2ncoc12. The van der Waals surface area contributed by atoms with Gasteiger partial charge in [0, 0.05) is 5.56 Å². The highest BCUT2D eigenvalue weighted by Gasteiger charge is 2.12. The van der Waals surface area contributed by atoms with Crippen LogP contribution in [-0.4, -0.2) is 11.3 Å². The average molecular weight is 179 g/mol. The van der Waals surface area contributed by atoms with Gasteiger partial charge in [-0.15, -0.1) is 0 Å². The van der Waals surface area contributed by atoms with Crippen LogP contribution in [0.3, 0.4) is 0 Å². The van der Waals surface area contributed by atoms with Crippen molar-refractivity contribution in [2.24, 2.45) is 0 Å². The van der Waals surface area contributed by atoms with Crippen LogP contribution < -0.4 is 0 Å². The molecule has 13 heavy (non-hydrogen) atoms. The predicted molar refractivity (Wildman–Crippen MR) is 44.1 cm³/mol. The number of rotatable bonds is 1. The summed E-state index contributed by atoms with van der Waals surface area (Å²) in [5.74, 6) is -0.542. The van der Waals surface area contributed by atoms with Gasteiger partial charge in [0.05, 0.1) is 5.56 Å². The molecule has 2 rings (SSSR count). The normalized spacial score (nSPS) is 10.6. The van der Waals surface area contributed by atoms with Crippen LogP contribution in [0.2, 0.25) is 0 Å². The van der Waals surface area contributed by atoms with Gasteiger partial charge in [-0.05, 0) is 13.0 Å². The summed E-state index contributed by atoms with van der Waals surface area (Å²) in [6.45, 7) is 1.55. The van der Waals surface area contributed by atoms with E-state index in [1.165, 1.54) is 12.5 Å². The molecule has 2 aromatic rings. The van der Waals surface area contributed by atoms with Gasteiger partial charge < -0.3 is 4.42 Å². The molecule has 1 aromatic heterocycles. The molecular formula is C9H6FNO2. The zero-order chi connectivity index (χ0) is 9.42. The van der Waals surface area contributed by atoms with Crippen LogP contribution in [-0.2, 0) is 0 Å². The van der Waals surface area contributed by atoms with Crippen molar-refractivity contribution in [1.82, 2.24) is 4.98 Å². The Kier molecular flexibility index (Phi) is 1.62. The maximum atomic E-state index is 13.3. The molecule has 3 nitrogen and oxygen atoms in total. The fourth-order valence-electron chi connectivity index (χ4n) is 1.25. The lowest BCUT2D eigenvalue weighted by Gasteiger charge is -1.98. The number of aryl methyl sites for hydroxylation is 1. The highest BCUT2D eigenvalue weighted by Crippen LogP contribution is 2.22. The summed E-state index contributed by atoms with van der Waals surface area (Å²) in [5.41, 5.74) is 1.22. The molecule has 0 aliphatic carbocycles. The number of carbonyl (C=O) groups is 1. The lowest BCUT2D eigenvalue weighted by molar-refractivity contribution is 0.112. The van der Waals surface area contributed by atoms with E-state index in [9.17, 15) is 9.18 Å². The van der Waals surface area contributed by atoms with Gasteiger partial charge in [-0.25, -0.2) is 9.37 Å². The molecule has 0 N–H and O–H groups in total. The number of hydrogen-bond donors (Lipinski definition) is 0. The van der Waals surface area contributed by atoms with Crippen LogP contribution in [0.1, 0.15) is 15.9 Å². The minimum absolute atomic E-state index is 0.0129. The smallest absolute Gasteiger partial charge is 0.181 e. The molecule has 0 fully saturated rings. The molecule has 0 aliphatic rings. The van der Waals surface area contributed by atoms with Crippen LogP contribution in [0.5, 0.6) is 0 Å². The standard InChI is InChI=1S/C9H6FNO2/c1-5-8(10)6(3-12)2-7-9(5)13-4-11-7/h2-4H,1H3. The Hall–Kier alpha value is -1.71. The molecule has 0 aliphatic heterocycles. The minimum Gasteiger partial charge on any atom is -0.443 e. The summed E-state index contributed by atoms with van der Waals surface area (Å²) >= 11 is 0. The highest BCUT2D eigenvalue weighted by atomic mass is 19.1. The number of halogens is 1. The predicted octanol–water partition coefficient (Wildman–Crippen LogP) is 2.09. The topological polar surface area (TPSA) is 43.1 Å². The molecule has 1 aromatic carbocycles. The Morgan fingerprint density at radius 1 is 1.62 bits per heavy atom. The number of benzene rings is 1. The van der Waals surface area contributed by atoms with Crippen molar-refractivity contribution in [3.8, 4) is 0 Å². The van der Waals surface area contributed by atoms with Gasteiger partial charge in [0.25, 0.3) is 0 Å². The van der Waals surface area contributed by atoms with E-state index in [2.05, 4.69) is 4.98 Å². The monoisotopic (exact) mass is 179 g/mol. The van der Waals surface area contributed by atoms with E-state index in [0.717, 1.165) is 0 Å². The van der Waals surface area contributed by atoms with Gasteiger partial charge in [-0.2, -0.15) is 0 Å². The second-order valence-electron chi connectivity index (χ2n) is 2.72. The molecule has 0 amide bonds. The summed E-state index contributed by atoms with van der Waals surface area (Å²) in [7, 11) is 0. The van der Waals surface area contributed by atoms with Crippen molar-refractivity contribution < 1.29 is 13.6 Å². The lowest BCUT2D eigenvalue weighted by atomic mass is 10.1. The van der Waals surface area contributed by atoms with E-state index >= 15 is 0 Å². The van der Waals surface area contributed by atoms with E-state index < -0.39 is 5.82 Å². The van der Waals surface area contributed by atoms with Gasteiger partial charge in [0.15, 0.2) is 18.3 Å². The van der Waals surface area contributed by atoms with Crippen molar-refractivity contribution in [1.29, 1.82) is 0 Å². The number of hydrogen-bond acceptors (Lipinski definition) is 3. The molecule has 0 unspecified atom stereocenters. The molecule has 0 bridgehead atoms. The number of nitrogens with zero attached hydrogens (tertiary/aromatic N) is 1. The maximum absolute atomic E-state index is 13.3. The second-order valence-corrected chi connectivity index (χ2v) is 2.72. The maximum Gasteiger partial charge on any atom is 0.181 e. The Morgan fingerprint density at radius 2 is 2.38 bits per heavy atom. The molecular weight excluding hydrogens is 173 g/mol.